The third-order valence-electron chi connectivity index (χ3n) is 2.02. The third kappa shape index (κ3) is 3.17. The minimum Gasteiger partial charge on any atom is -0.359 e. The molecule has 1 heterocycles. The lowest BCUT2D eigenvalue weighted by atomic mass is 10.2. The van der Waals surface area contributed by atoms with Crippen LogP contribution in [0.15, 0.2) is 37.5 Å². The van der Waals surface area contributed by atoms with E-state index in [1.807, 2.05) is 12.2 Å². The molecule has 1 unspecified atom stereocenters. The number of hydrogen-bond donors (Lipinski definition) is 0. The third-order valence-corrected chi connectivity index (χ3v) is 2.02. The molecule has 1 aliphatic heterocycles. The highest BCUT2D eigenvalue weighted by atomic mass is 16.5. The van der Waals surface area contributed by atoms with Crippen molar-refractivity contribution in [1.82, 2.24) is 4.90 Å². The van der Waals surface area contributed by atoms with E-state index in [0.717, 1.165) is 26.1 Å². The molecule has 0 spiro atoms. The molecule has 0 aliphatic carbocycles. The summed E-state index contributed by atoms with van der Waals surface area (Å²) in [5.41, 5.74) is 0. The maximum Gasteiger partial charge on any atom is 0.115 e. The first-order chi connectivity index (χ1) is 6.38. The van der Waals surface area contributed by atoms with Gasteiger partial charge in [-0.15, -0.1) is 13.2 Å². The van der Waals surface area contributed by atoms with E-state index in [9.17, 15) is 0 Å². The van der Waals surface area contributed by atoms with E-state index in [4.69, 9.17) is 4.74 Å². The van der Waals surface area contributed by atoms with Crippen molar-refractivity contribution in [2.45, 2.75) is 12.6 Å². The van der Waals surface area contributed by atoms with E-state index in [0.29, 0.717) is 0 Å². The zero-order valence-corrected chi connectivity index (χ0v) is 7.98. The van der Waals surface area contributed by atoms with Gasteiger partial charge in [-0.1, -0.05) is 24.3 Å². The highest BCUT2D eigenvalue weighted by molar-refractivity contribution is 4.91. The highest BCUT2D eigenvalue weighted by Crippen LogP contribution is 2.11. The predicted octanol–water partition coefficient (Wildman–Crippen LogP) is 1.96. The molecule has 0 aromatic rings. The van der Waals surface area contributed by atoms with Crippen molar-refractivity contribution in [1.29, 1.82) is 0 Å². The molecule has 0 saturated carbocycles. The molecular formula is C11H17NO. The van der Waals surface area contributed by atoms with Crippen LogP contribution in [0.1, 0.15) is 6.42 Å². The molecule has 13 heavy (non-hydrogen) atoms. The molecule has 0 aromatic carbocycles. The Balaban J connectivity index is 2.46. The second-order valence-electron chi connectivity index (χ2n) is 3.03. The van der Waals surface area contributed by atoms with E-state index >= 15 is 0 Å². The summed E-state index contributed by atoms with van der Waals surface area (Å²) in [6, 6.07) is 0. The zero-order valence-electron chi connectivity index (χ0n) is 7.98. The van der Waals surface area contributed by atoms with Crippen LogP contribution in [0.3, 0.4) is 0 Å². The highest BCUT2D eigenvalue weighted by Gasteiger charge is 2.16. The lowest BCUT2D eigenvalue weighted by Crippen LogP contribution is -2.38. The normalized spacial score (nSPS) is 21.8. The van der Waals surface area contributed by atoms with E-state index in [-0.39, 0.29) is 6.23 Å². The summed E-state index contributed by atoms with van der Waals surface area (Å²) < 4.78 is 5.59. The molecule has 0 fully saturated rings. The summed E-state index contributed by atoms with van der Waals surface area (Å²) in [6.07, 6.45) is 9.16. The van der Waals surface area contributed by atoms with E-state index < -0.39 is 0 Å². The minimum absolute atomic E-state index is 0.195. The molecule has 1 aliphatic rings. The molecule has 0 N–H and O–H groups in total. The van der Waals surface area contributed by atoms with Gasteiger partial charge in [0.2, 0.25) is 0 Å². The van der Waals surface area contributed by atoms with Crippen LogP contribution in [0.5, 0.6) is 0 Å². The Morgan fingerprint density at radius 1 is 1.31 bits per heavy atom. The summed E-state index contributed by atoms with van der Waals surface area (Å²) >= 11 is 0. The van der Waals surface area contributed by atoms with Gasteiger partial charge in [0.1, 0.15) is 6.23 Å². The van der Waals surface area contributed by atoms with Crippen LogP contribution in [0.4, 0.5) is 0 Å². The van der Waals surface area contributed by atoms with Gasteiger partial charge >= 0.3 is 0 Å². The first kappa shape index (κ1) is 10.2. The number of ether oxygens (including phenoxy) is 1. The summed E-state index contributed by atoms with van der Waals surface area (Å²) in [7, 11) is 0. The second-order valence-corrected chi connectivity index (χ2v) is 3.03. The van der Waals surface area contributed by atoms with Crippen LogP contribution in [0.2, 0.25) is 0 Å². The Morgan fingerprint density at radius 2 is 2.00 bits per heavy atom. The van der Waals surface area contributed by atoms with Gasteiger partial charge in [0.05, 0.1) is 6.61 Å². The summed E-state index contributed by atoms with van der Waals surface area (Å²) in [5, 5.41) is 0. The molecule has 1 atom stereocenters. The molecule has 2 heteroatoms. The maximum absolute atomic E-state index is 5.59. The Morgan fingerprint density at radius 3 is 2.46 bits per heavy atom. The average molecular weight is 179 g/mol. The van der Waals surface area contributed by atoms with Gasteiger partial charge < -0.3 is 4.74 Å². The number of nitrogens with zero attached hydrogens (tertiary/aromatic N) is 1. The minimum atomic E-state index is 0.195. The first-order valence-electron chi connectivity index (χ1n) is 4.61. The van der Waals surface area contributed by atoms with Gasteiger partial charge in [-0.25, -0.2) is 0 Å². The van der Waals surface area contributed by atoms with Crippen molar-refractivity contribution in [3.63, 3.8) is 0 Å². The smallest absolute Gasteiger partial charge is 0.115 e. The van der Waals surface area contributed by atoms with Gasteiger partial charge in [0, 0.05) is 19.5 Å². The molecule has 1 rings (SSSR count). The molecule has 2 nitrogen and oxygen atoms in total. The Hall–Kier alpha value is -0.860. The predicted molar refractivity (Wildman–Crippen MR) is 55.5 cm³/mol. The SMILES string of the molecule is C=CCN(CC=C)C1CC=CCO1. The van der Waals surface area contributed by atoms with Crippen LogP contribution in [0.25, 0.3) is 0 Å². The molecule has 0 aromatic heterocycles. The van der Waals surface area contributed by atoms with Gasteiger partial charge in [-0.2, -0.15) is 0 Å². The monoisotopic (exact) mass is 179 g/mol. The van der Waals surface area contributed by atoms with Crippen molar-refractivity contribution in [2.24, 2.45) is 0 Å². The van der Waals surface area contributed by atoms with Crippen LogP contribution in [-0.4, -0.2) is 30.8 Å². The molecular weight excluding hydrogens is 162 g/mol. The van der Waals surface area contributed by atoms with Gasteiger partial charge in [0.15, 0.2) is 0 Å². The second kappa shape index (κ2) is 5.73. The van der Waals surface area contributed by atoms with Gasteiger partial charge in [-0.05, 0) is 0 Å². The topological polar surface area (TPSA) is 12.5 Å². The Labute approximate surface area is 80.2 Å². The first-order valence-corrected chi connectivity index (χ1v) is 4.61. The van der Waals surface area contributed by atoms with Crippen molar-refractivity contribution in [3.05, 3.63) is 37.5 Å². The number of hydrogen-bond acceptors (Lipinski definition) is 2. The van der Waals surface area contributed by atoms with Gasteiger partial charge in [0.25, 0.3) is 0 Å². The fourth-order valence-electron chi connectivity index (χ4n) is 1.41. The largest absolute Gasteiger partial charge is 0.359 e. The van der Waals surface area contributed by atoms with Crippen molar-refractivity contribution < 1.29 is 4.74 Å². The lowest BCUT2D eigenvalue weighted by Gasteiger charge is -2.30. The van der Waals surface area contributed by atoms with Crippen molar-refractivity contribution in [3.8, 4) is 0 Å². The van der Waals surface area contributed by atoms with Crippen LogP contribution < -0.4 is 0 Å². The summed E-state index contributed by atoms with van der Waals surface area (Å²) in [4.78, 5) is 2.21. The molecule has 72 valence electrons. The average Bonchev–Trinajstić information content (AvgIpc) is 2.19. The quantitative estimate of drug-likeness (QED) is 0.598. The molecule has 0 bridgehead atoms. The fraction of sp³-hybridized carbons (Fsp3) is 0.455. The van der Waals surface area contributed by atoms with Gasteiger partial charge in [-0.3, -0.25) is 4.90 Å². The molecule has 0 amide bonds. The standard InChI is InChI=1S/C11H17NO/c1-3-8-12(9-4-2)11-7-5-6-10-13-11/h3-6,11H,1-2,7-10H2. The van der Waals surface area contributed by atoms with E-state index in [1.165, 1.54) is 0 Å². The Bertz CT molecular complexity index is 188. The van der Waals surface area contributed by atoms with E-state index in [1.54, 1.807) is 0 Å². The lowest BCUT2D eigenvalue weighted by molar-refractivity contribution is -0.0409. The number of rotatable bonds is 5. The molecule has 0 saturated heterocycles. The summed E-state index contributed by atoms with van der Waals surface area (Å²) in [6.45, 7) is 9.88. The van der Waals surface area contributed by atoms with Crippen molar-refractivity contribution in [2.75, 3.05) is 19.7 Å². The Kier molecular flexibility index (Phi) is 4.50. The fourth-order valence-corrected chi connectivity index (χ4v) is 1.41. The van der Waals surface area contributed by atoms with Crippen LogP contribution in [-0.2, 0) is 4.74 Å². The van der Waals surface area contributed by atoms with E-state index in [2.05, 4.69) is 30.2 Å². The molecule has 0 radical (unpaired) electrons. The van der Waals surface area contributed by atoms with Crippen molar-refractivity contribution >= 4 is 0 Å². The zero-order chi connectivity index (χ0) is 9.52. The maximum atomic E-state index is 5.59. The van der Waals surface area contributed by atoms with Crippen LogP contribution >= 0.6 is 0 Å². The van der Waals surface area contributed by atoms with Crippen LogP contribution in [0, 0.1) is 0 Å². The summed E-state index contributed by atoms with van der Waals surface area (Å²) in [5.74, 6) is 0.